The molecule has 0 amide bonds. The SMILES string of the molecule is COC(=O)c1cc2cc(Br)ccc2nc1N. The molecular formula is C11H9BrN2O2. The van der Waals surface area contributed by atoms with E-state index in [1.807, 2.05) is 18.2 Å². The number of benzene rings is 1. The molecular weight excluding hydrogens is 272 g/mol. The fourth-order valence-electron chi connectivity index (χ4n) is 1.44. The van der Waals surface area contributed by atoms with Crippen LogP contribution in [0.4, 0.5) is 5.82 Å². The van der Waals surface area contributed by atoms with Gasteiger partial charge in [0.1, 0.15) is 11.4 Å². The summed E-state index contributed by atoms with van der Waals surface area (Å²) in [4.78, 5) is 15.6. The molecule has 1 aromatic heterocycles. The molecule has 0 aliphatic heterocycles. The van der Waals surface area contributed by atoms with E-state index in [2.05, 4.69) is 25.7 Å². The highest BCUT2D eigenvalue weighted by Crippen LogP contribution is 2.22. The highest BCUT2D eigenvalue weighted by atomic mass is 79.9. The van der Waals surface area contributed by atoms with Crippen LogP contribution in [0, 0.1) is 0 Å². The third-order valence-corrected chi connectivity index (χ3v) is 2.70. The zero-order valence-electron chi connectivity index (χ0n) is 8.53. The molecule has 1 heterocycles. The minimum absolute atomic E-state index is 0.182. The number of aromatic nitrogens is 1. The molecule has 82 valence electrons. The first-order chi connectivity index (χ1) is 7.61. The van der Waals surface area contributed by atoms with Crippen LogP contribution in [0.5, 0.6) is 0 Å². The summed E-state index contributed by atoms with van der Waals surface area (Å²) in [5.74, 6) is -0.298. The van der Waals surface area contributed by atoms with Gasteiger partial charge in [0.2, 0.25) is 0 Å². The Hall–Kier alpha value is -1.62. The maximum absolute atomic E-state index is 11.4. The van der Waals surface area contributed by atoms with Crippen LogP contribution in [0.1, 0.15) is 10.4 Å². The van der Waals surface area contributed by atoms with E-state index in [0.29, 0.717) is 0 Å². The average Bonchev–Trinajstić information content (AvgIpc) is 2.28. The number of anilines is 1. The number of carbonyl (C=O) groups is 1. The summed E-state index contributed by atoms with van der Waals surface area (Å²) in [5, 5.41) is 0.837. The van der Waals surface area contributed by atoms with E-state index < -0.39 is 5.97 Å². The van der Waals surface area contributed by atoms with Gasteiger partial charge in [-0.2, -0.15) is 0 Å². The summed E-state index contributed by atoms with van der Waals surface area (Å²) in [7, 11) is 1.31. The summed E-state index contributed by atoms with van der Waals surface area (Å²) in [6.45, 7) is 0. The van der Waals surface area contributed by atoms with Crippen LogP contribution in [-0.2, 0) is 4.74 Å². The Morgan fingerprint density at radius 3 is 2.88 bits per heavy atom. The molecule has 0 saturated carbocycles. The molecule has 2 N–H and O–H groups in total. The Labute approximate surface area is 101 Å². The second-order valence-electron chi connectivity index (χ2n) is 3.25. The second-order valence-corrected chi connectivity index (χ2v) is 4.17. The lowest BCUT2D eigenvalue weighted by atomic mass is 10.1. The minimum atomic E-state index is -0.480. The Morgan fingerprint density at radius 1 is 1.44 bits per heavy atom. The second kappa shape index (κ2) is 4.09. The number of halogens is 1. The maximum atomic E-state index is 11.4. The van der Waals surface area contributed by atoms with Gasteiger partial charge in [-0.25, -0.2) is 9.78 Å². The molecule has 4 nitrogen and oxygen atoms in total. The van der Waals surface area contributed by atoms with E-state index >= 15 is 0 Å². The van der Waals surface area contributed by atoms with Gasteiger partial charge in [0.15, 0.2) is 0 Å². The number of carbonyl (C=O) groups excluding carboxylic acids is 1. The Bertz CT molecular complexity index is 569. The molecule has 0 aliphatic carbocycles. The molecule has 0 saturated heterocycles. The van der Waals surface area contributed by atoms with Crippen LogP contribution < -0.4 is 5.73 Å². The first kappa shape index (κ1) is 10.9. The van der Waals surface area contributed by atoms with Crippen molar-refractivity contribution in [1.29, 1.82) is 0 Å². The fourth-order valence-corrected chi connectivity index (χ4v) is 1.81. The number of nitrogen functional groups attached to an aromatic ring is 1. The number of pyridine rings is 1. The molecule has 16 heavy (non-hydrogen) atoms. The summed E-state index contributed by atoms with van der Waals surface area (Å²) in [6, 6.07) is 7.24. The van der Waals surface area contributed by atoms with Crippen LogP contribution in [0.15, 0.2) is 28.7 Å². The number of methoxy groups -OCH3 is 1. The normalized spacial score (nSPS) is 10.4. The smallest absolute Gasteiger partial charge is 0.341 e. The summed E-state index contributed by atoms with van der Waals surface area (Å²) in [5.41, 5.74) is 6.71. The van der Waals surface area contributed by atoms with Crippen molar-refractivity contribution < 1.29 is 9.53 Å². The third-order valence-electron chi connectivity index (χ3n) is 2.21. The van der Waals surface area contributed by atoms with Gasteiger partial charge >= 0.3 is 5.97 Å². The Kier molecular flexibility index (Phi) is 2.78. The van der Waals surface area contributed by atoms with Gasteiger partial charge < -0.3 is 10.5 Å². The number of hydrogen-bond donors (Lipinski definition) is 1. The molecule has 0 atom stereocenters. The largest absolute Gasteiger partial charge is 0.465 e. The first-order valence-electron chi connectivity index (χ1n) is 4.56. The number of esters is 1. The molecule has 0 radical (unpaired) electrons. The van der Waals surface area contributed by atoms with Crippen LogP contribution >= 0.6 is 15.9 Å². The zero-order valence-corrected chi connectivity index (χ0v) is 10.1. The van der Waals surface area contributed by atoms with E-state index in [1.165, 1.54) is 7.11 Å². The number of nitrogens with zero attached hydrogens (tertiary/aromatic N) is 1. The molecule has 2 aromatic rings. The molecule has 5 heteroatoms. The molecule has 0 spiro atoms. The monoisotopic (exact) mass is 280 g/mol. The van der Waals surface area contributed by atoms with Gasteiger partial charge in [-0.1, -0.05) is 15.9 Å². The van der Waals surface area contributed by atoms with Crippen molar-refractivity contribution in [3.63, 3.8) is 0 Å². The van der Waals surface area contributed by atoms with Crippen LogP contribution in [-0.4, -0.2) is 18.1 Å². The topological polar surface area (TPSA) is 65.2 Å². The van der Waals surface area contributed by atoms with Gasteiger partial charge in [0.25, 0.3) is 0 Å². The Balaban J connectivity index is 2.68. The number of fused-ring (bicyclic) bond motifs is 1. The highest BCUT2D eigenvalue weighted by Gasteiger charge is 2.12. The first-order valence-corrected chi connectivity index (χ1v) is 5.35. The molecule has 2 rings (SSSR count). The summed E-state index contributed by atoms with van der Waals surface area (Å²) < 4.78 is 5.54. The maximum Gasteiger partial charge on any atom is 0.341 e. The van der Waals surface area contributed by atoms with E-state index in [4.69, 9.17) is 5.73 Å². The van der Waals surface area contributed by atoms with Crippen molar-refractivity contribution >= 4 is 38.6 Å². The molecule has 1 aromatic carbocycles. The van der Waals surface area contributed by atoms with E-state index in [-0.39, 0.29) is 11.4 Å². The minimum Gasteiger partial charge on any atom is -0.465 e. The van der Waals surface area contributed by atoms with Gasteiger partial charge in [-0.3, -0.25) is 0 Å². The van der Waals surface area contributed by atoms with Gasteiger partial charge in [-0.05, 0) is 24.3 Å². The van der Waals surface area contributed by atoms with E-state index in [9.17, 15) is 4.79 Å². The summed E-state index contributed by atoms with van der Waals surface area (Å²) in [6.07, 6.45) is 0. The average molecular weight is 281 g/mol. The predicted molar refractivity (Wildman–Crippen MR) is 65.2 cm³/mol. The lowest BCUT2D eigenvalue weighted by Gasteiger charge is -2.05. The van der Waals surface area contributed by atoms with Crippen LogP contribution in [0.25, 0.3) is 10.9 Å². The van der Waals surface area contributed by atoms with E-state index in [1.54, 1.807) is 6.07 Å². The van der Waals surface area contributed by atoms with Crippen molar-refractivity contribution in [3.8, 4) is 0 Å². The quantitative estimate of drug-likeness (QED) is 0.815. The Morgan fingerprint density at radius 2 is 2.19 bits per heavy atom. The van der Waals surface area contributed by atoms with Crippen molar-refractivity contribution in [2.45, 2.75) is 0 Å². The van der Waals surface area contributed by atoms with Crippen molar-refractivity contribution in [3.05, 3.63) is 34.3 Å². The van der Waals surface area contributed by atoms with Gasteiger partial charge in [0.05, 0.1) is 12.6 Å². The van der Waals surface area contributed by atoms with Crippen molar-refractivity contribution in [2.24, 2.45) is 0 Å². The zero-order chi connectivity index (χ0) is 11.7. The molecule has 0 bridgehead atoms. The van der Waals surface area contributed by atoms with Crippen molar-refractivity contribution in [2.75, 3.05) is 12.8 Å². The van der Waals surface area contributed by atoms with Crippen molar-refractivity contribution in [1.82, 2.24) is 4.98 Å². The standard InChI is InChI=1S/C11H9BrN2O2/c1-16-11(15)8-5-6-4-7(12)2-3-9(6)14-10(8)13/h2-5H,1H3,(H2,13,14). The van der Waals surface area contributed by atoms with Crippen LogP contribution in [0.3, 0.4) is 0 Å². The van der Waals surface area contributed by atoms with Gasteiger partial charge in [-0.15, -0.1) is 0 Å². The fraction of sp³-hybridized carbons (Fsp3) is 0.0909. The number of hydrogen-bond acceptors (Lipinski definition) is 4. The predicted octanol–water partition coefficient (Wildman–Crippen LogP) is 2.37. The van der Waals surface area contributed by atoms with Gasteiger partial charge in [0, 0.05) is 9.86 Å². The number of ether oxygens (including phenoxy) is 1. The summed E-state index contributed by atoms with van der Waals surface area (Å²) >= 11 is 3.35. The van der Waals surface area contributed by atoms with Crippen LogP contribution in [0.2, 0.25) is 0 Å². The molecule has 0 fully saturated rings. The molecule has 0 unspecified atom stereocenters. The lowest BCUT2D eigenvalue weighted by molar-refractivity contribution is 0.0602. The number of nitrogens with two attached hydrogens (primary N) is 1. The third kappa shape index (κ3) is 1.86. The van der Waals surface area contributed by atoms with E-state index in [0.717, 1.165) is 15.4 Å². The highest BCUT2D eigenvalue weighted by molar-refractivity contribution is 9.10. The lowest BCUT2D eigenvalue weighted by Crippen LogP contribution is -2.07. The molecule has 0 aliphatic rings. The number of rotatable bonds is 1.